The molecule has 110 valence electrons. The number of hydrogen-bond donors (Lipinski definition) is 1. The van der Waals surface area contributed by atoms with Crippen molar-refractivity contribution in [1.82, 2.24) is 5.32 Å². The topological polar surface area (TPSA) is 38.3 Å². The van der Waals surface area contributed by atoms with Crippen LogP contribution < -0.4 is 10.1 Å². The lowest BCUT2D eigenvalue weighted by Crippen LogP contribution is -2.43. The molecule has 0 heterocycles. The number of rotatable bonds is 4. The van der Waals surface area contributed by atoms with Gasteiger partial charge < -0.3 is 10.1 Å². The lowest BCUT2D eigenvalue weighted by atomic mass is 9.86. The van der Waals surface area contributed by atoms with Crippen LogP contribution in [0.25, 0.3) is 0 Å². The van der Waals surface area contributed by atoms with Gasteiger partial charge in [0.15, 0.2) is 6.61 Å². The van der Waals surface area contributed by atoms with Crippen molar-refractivity contribution in [1.29, 1.82) is 0 Å². The third-order valence-corrected chi connectivity index (χ3v) is 4.01. The van der Waals surface area contributed by atoms with E-state index < -0.39 is 5.82 Å². The third-order valence-electron chi connectivity index (χ3n) is 3.71. The number of ether oxygens (including phenoxy) is 1. The van der Waals surface area contributed by atoms with Gasteiger partial charge in [-0.2, -0.15) is 0 Å². The van der Waals surface area contributed by atoms with E-state index in [2.05, 4.69) is 12.2 Å². The standard InChI is InChI=1S/C15H19ClFNO2/c1-10-4-2-3-5-13(10)18-15(19)9-20-14-7-6-11(17)8-12(14)16/h6-8,10,13H,2-5,9H2,1H3,(H,18,19). The van der Waals surface area contributed by atoms with Gasteiger partial charge in [0.2, 0.25) is 0 Å². The Morgan fingerprint density at radius 3 is 2.90 bits per heavy atom. The van der Waals surface area contributed by atoms with Gasteiger partial charge in [0.25, 0.3) is 5.91 Å². The Morgan fingerprint density at radius 2 is 2.20 bits per heavy atom. The highest BCUT2D eigenvalue weighted by Crippen LogP contribution is 2.25. The first-order valence-electron chi connectivity index (χ1n) is 6.93. The van der Waals surface area contributed by atoms with Crippen LogP contribution in [0.1, 0.15) is 32.6 Å². The fourth-order valence-corrected chi connectivity index (χ4v) is 2.74. The highest BCUT2D eigenvalue weighted by molar-refractivity contribution is 6.32. The molecule has 1 aliphatic rings. The zero-order valence-corrected chi connectivity index (χ0v) is 12.3. The Morgan fingerprint density at radius 1 is 1.45 bits per heavy atom. The van der Waals surface area contributed by atoms with Crippen molar-refractivity contribution in [2.24, 2.45) is 5.92 Å². The Labute approximate surface area is 123 Å². The number of amides is 1. The van der Waals surface area contributed by atoms with Crippen LogP contribution in [0.4, 0.5) is 4.39 Å². The van der Waals surface area contributed by atoms with Crippen LogP contribution in [0.15, 0.2) is 18.2 Å². The number of benzene rings is 1. The number of nitrogens with one attached hydrogen (secondary N) is 1. The first kappa shape index (κ1) is 15.1. The van der Waals surface area contributed by atoms with Crippen LogP contribution in [0, 0.1) is 11.7 Å². The van der Waals surface area contributed by atoms with Crippen LogP contribution in [-0.4, -0.2) is 18.6 Å². The molecule has 1 aromatic rings. The molecule has 20 heavy (non-hydrogen) atoms. The fraction of sp³-hybridized carbons (Fsp3) is 0.533. The Bertz CT molecular complexity index is 481. The molecule has 0 aliphatic heterocycles. The largest absolute Gasteiger partial charge is 0.482 e. The van der Waals surface area contributed by atoms with E-state index in [-0.39, 0.29) is 23.6 Å². The van der Waals surface area contributed by atoms with Gasteiger partial charge >= 0.3 is 0 Å². The Kier molecular flexibility index (Phi) is 5.24. The van der Waals surface area contributed by atoms with Crippen LogP contribution in [0.3, 0.4) is 0 Å². The molecule has 2 unspecified atom stereocenters. The molecule has 2 atom stereocenters. The number of hydrogen-bond acceptors (Lipinski definition) is 2. The lowest BCUT2D eigenvalue weighted by Gasteiger charge is -2.29. The van der Waals surface area contributed by atoms with Crippen molar-refractivity contribution in [2.75, 3.05) is 6.61 Å². The molecule has 1 N–H and O–H groups in total. The van der Waals surface area contributed by atoms with Gasteiger partial charge in [0.05, 0.1) is 5.02 Å². The normalized spacial score (nSPS) is 22.4. The van der Waals surface area contributed by atoms with Crippen molar-refractivity contribution < 1.29 is 13.9 Å². The molecule has 5 heteroatoms. The fourth-order valence-electron chi connectivity index (χ4n) is 2.51. The van der Waals surface area contributed by atoms with Crippen molar-refractivity contribution >= 4 is 17.5 Å². The van der Waals surface area contributed by atoms with E-state index in [0.29, 0.717) is 11.7 Å². The summed E-state index contributed by atoms with van der Waals surface area (Å²) < 4.78 is 18.2. The van der Waals surface area contributed by atoms with E-state index in [0.717, 1.165) is 25.3 Å². The summed E-state index contributed by atoms with van der Waals surface area (Å²) in [4.78, 5) is 11.9. The first-order chi connectivity index (χ1) is 9.56. The Balaban J connectivity index is 1.82. The minimum absolute atomic E-state index is 0.103. The van der Waals surface area contributed by atoms with Gasteiger partial charge in [-0.1, -0.05) is 31.4 Å². The van der Waals surface area contributed by atoms with E-state index >= 15 is 0 Å². The molecule has 0 aromatic heterocycles. The molecule has 0 bridgehead atoms. The maximum atomic E-state index is 12.9. The smallest absolute Gasteiger partial charge is 0.258 e. The SMILES string of the molecule is CC1CCCCC1NC(=O)COc1ccc(F)cc1Cl. The second-order valence-corrected chi connectivity index (χ2v) is 5.71. The van der Waals surface area contributed by atoms with Crippen LogP contribution >= 0.6 is 11.6 Å². The molecule has 1 amide bonds. The molecule has 0 saturated heterocycles. The molecule has 3 nitrogen and oxygen atoms in total. The van der Waals surface area contributed by atoms with Crippen LogP contribution in [0.5, 0.6) is 5.75 Å². The maximum absolute atomic E-state index is 12.9. The van der Waals surface area contributed by atoms with Gasteiger partial charge in [-0.15, -0.1) is 0 Å². The monoisotopic (exact) mass is 299 g/mol. The van der Waals surface area contributed by atoms with Gasteiger partial charge in [-0.05, 0) is 37.0 Å². The number of carbonyl (C=O) groups is 1. The molecule has 0 spiro atoms. The third kappa shape index (κ3) is 4.10. The molecule has 0 radical (unpaired) electrons. The first-order valence-corrected chi connectivity index (χ1v) is 7.31. The summed E-state index contributed by atoms with van der Waals surface area (Å²) in [6.07, 6.45) is 4.55. The van der Waals surface area contributed by atoms with E-state index in [1.54, 1.807) is 0 Å². The van der Waals surface area contributed by atoms with Gasteiger partial charge in [-0.25, -0.2) is 4.39 Å². The average molecular weight is 300 g/mol. The van der Waals surface area contributed by atoms with E-state index in [1.807, 2.05) is 0 Å². The molecule has 1 aliphatic carbocycles. The zero-order chi connectivity index (χ0) is 14.5. The summed E-state index contributed by atoms with van der Waals surface area (Å²) >= 11 is 5.83. The molecule has 2 rings (SSSR count). The second-order valence-electron chi connectivity index (χ2n) is 5.30. The number of carbonyl (C=O) groups excluding carboxylic acids is 1. The molecule has 1 aromatic carbocycles. The van der Waals surface area contributed by atoms with Gasteiger partial charge in [-0.3, -0.25) is 4.79 Å². The van der Waals surface area contributed by atoms with Crippen LogP contribution in [0.2, 0.25) is 5.02 Å². The van der Waals surface area contributed by atoms with Crippen molar-refractivity contribution in [3.8, 4) is 5.75 Å². The summed E-state index contributed by atoms with van der Waals surface area (Å²) in [5.74, 6) is 0.231. The summed E-state index contributed by atoms with van der Waals surface area (Å²) in [6, 6.07) is 4.07. The van der Waals surface area contributed by atoms with Gasteiger partial charge in [0, 0.05) is 6.04 Å². The summed E-state index contributed by atoms with van der Waals surface area (Å²) in [6.45, 7) is 2.05. The second kappa shape index (κ2) is 6.93. The minimum atomic E-state index is -0.428. The molecule has 1 fully saturated rings. The average Bonchev–Trinajstić information content (AvgIpc) is 2.40. The highest BCUT2D eigenvalue weighted by atomic mass is 35.5. The van der Waals surface area contributed by atoms with E-state index in [1.165, 1.54) is 18.6 Å². The predicted molar refractivity (Wildman–Crippen MR) is 76.5 cm³/mol. The molecular weight excluding hydrogens is 281 g/mol. The van der Waals surface area contributed by atoms with Crippen molar-refractivity contribution in [2.45, 2.75) is 38.6 Å². The van der Waals surface area contributed by atoms with Crippen molar-refractivity contribution in [3.63, 3.8) is 0 Å². The lowest BCUT2D eigenvalue weighted by molar-refractivity contribution is -0.124. The summed E-state index contributed by atoms with van der Waals surface area (Å²) in [5.41, 5.74) is 0. The zero-order valence-electron chi connectivity index (χ0n) is 11.5. The summed E-state index contributed by atoms with van der Waals surface area (Å²) in [7, 11) is 0. The molecule has 1 saturated carbocycles. The number of halogens is 2. The van der Waals surface area contributed by atoms with E-state index in [4.69, 9.17) is 16.3 Å². The maximum Gasteiger partial charge on any atom is 0.258 e. The molecular formula is C15H19ClFNO2. The van der Waals surface area contributed by atoms with Gasteiger partial charge in [0.1, 0.15) is 11.6 Å². The summed E-state index contributed by atoms with van der Waals surface area (Å²) in [5, 5.41) is 3.16. The van der Waals surface area contributed by atoms with Crippen molar-refractivity contribution in [3.05, 3.63) is 29.0 Å². The highest BCUT2D eigenvalue weighted by Gasteiger charge is 2.22. The van der Waals surface area contributed by atoms with E-state index in [9.17, 15) is 9.18 Å². The quantitative estimate of drug-likeness (QED) is 0.923. The minimum Gasteiger partial charge on any atom is -0.482 e. The Hall–Kier alpha value is -1.29. The van der Waals surface area contributed by atoms with Crippen LogP contribution in [-0.2, 0) is 4.79 Å². The predicted octanol–water partition coefficient (Wildman–Crippen LogP) is 3.55.